The molecule has 0 aliphatic rings. The van der Waals surface area contributed by atoms with E-state index in [1.54, 1.807) is 49.4 Å². The lowest BCUT2D eigenvalue weighted by Gasteiger charge is -2.15. The molecule has 3 N–H and O–H groups in total. The minimum atomic E-state index is -0.376. The number of carbonyl (C=O) groups excluding carboxylic acids is 3. The quantitative estimate of drug-likeness (QED) is 0.697. The number of ether oxygens (including phenoxy) is 1. The summed E-state index contributed by atoms with van der Waals surface area (Å²) in [5.74, 6) is -0.387. The van der Waals surface area contributed by atoms with Gasteiger partial charge >= 0.3 is 0 Å². The lowest BCUT2D eigenvalue weighted by atomic mass is 10.1. The predicted molar refractivity (Wildman–Crippen MR) is 103 cm³/mol. The normalized spacial score (nSPS) is 11.2. The van der Waals surface area contributed by atoms with Crippen molar-refractivity contribution in [3.8, 4) is 5.75 Å². The van der Waals surface area contributed by atoms with Crippen LogP contribution in [0.3, 0.4) is 0 Å². The predicted octanol–water partition coefficient (Wildman–Crippen LogP) is 2.20. The van der Waals surface area contributed by atoms with Gasteiger partial charge in [-0.15, -0.1) is 0 Å². The second-order valence-corrected chi connectivity index (χ2v) is 5.98. The van der Waals surface area contributed by atoms with Crippen molar-refractivity contribution < 1.29 is 19.1 Å². The standard InChI is InChI=1S/C20H23N3O4/c1-13(22-19(25)14-7-5-4-6-8-14)11-18(24)23-17-10-9-15(27-3)12-16(17)20(26)21-2/h4-10,12-13H,11H2,1-3H3,(H,21,26)(H,22,25)(H,23,24)/t13-/m1/s1. The SMILES string of the molecule is CNC(=O)c1cc(OC)ccc1NC(=O)C[C@@H](C)NC(=O)c1ccccc1. The summed E-state index contributed by atoms with van der Waals surface area (Å²) in [6.45, 7) is 1.74. The van der Waals surface area contributed by atoms with E-state index in [-0.39, 0.29) is 30.2 Å². The molecule has 1 atom stereocenters. The van der Waals surface area contributed by atoms with Gasteiger partial charge in [0.25, 0.3) is 11.8 Å². The highest BCUT2D eigenvalue weighted by Gasteiger charge is 2.17. The maximum atomic E-state index is 12.3. The van der Waals surface area contributed by atoms with Crippen LogP contribution < -0.4 is 20.7 Å². The van der Waals surface area contributed by atoms with Gasteiger partial charge in [-0.05, 0) is 37.3 Å². The molecule has 0 unspecified atom stereocenters. The third-order valence-corrected chi connectivity index (χ3v) is 3.88. The van der Waals surface area contributed by atoms with Gasteiger partial charge < -0.3 is 20.7 Å². The van der Waals surface area contributed by atoms with Gasteiger partial charge in [0.1, 0.15) is 5.75 Å². The van der Waals surface area contributed by atoms with Crippen LogP contribution in [-0.4, -0.2) is 37.9 Å². The summed E-state index contributed by atoms with van der Waals surface area (Å²) >= 11 is 0. The fourth-order valence-corrected chi connectivity index (χ4v) is 2.51. The van der Waals surface area contributed by atoms with Crippen molar-refractivity contribution in [1.82, 2.24) is 10.6 Å². The fraction of sp³-hybridized carbons (Fsp3) is 0.250. The van der Waals surface area contributed by atoms with Crippen LogP contribution in [0, 0.1) is 0 Å². The van der Waals surface area contributed by atoms with E-state index in [1.165, 1.54) is 14.2 Å². The fourth-order valence-electron chi connectivity index (χ4n) is 2.51. The Kier molecular flexibility index (Phi) is 6.93. The van der Waals surface area contributed by atoms with Gasteiger partial charge in [-0.3, -0.25) is 14.4 Å². The Labute approximate surface area is 158 Å². The monoisotopic (exact) mass is 369 g/mol. The summed E-state index contributed by atoms with van der Waals surface area (Å²) in [6, 6.07) is 13.2. The maximum Gasteiger partial charge on any atom is 0.253 e. The third kappa shape index (κ3) is 5.57. The van der Waals surface area contributed by atoms with E-state index in [0.717, 1.165) is 0 Å². The molecule has 7 heteroatoms. The molecule has 0 radical (unpaired) electrons. The van der Waals surface area contributed by atoms with Crippen LogP contribution in [0.5, 0.6) is 5.75 Å². The Morgan fingerprint density at radius 2 is 1.74 bits per heavy atom. The van der Waals surface area contributed by atoms with Crippen molar-refractivity contribution >= 4 is 23.4 Å². The van der Waals surface area contributed by atoms with Crippen LogP contribution >= 0.6 is 0 Å². The molecule has 0 aliphatic carbocycles. The van der Waals surface area contributed by atoms with Crippen molar-refractivity contribution in [3.63, 3.8) is 0 Å². The Hall–Kier alpha value is -3.35. The number of nitrogens with one attached hydrogen (secondary N) is 3. The molecule has 0 spiro atoms. The van der Waals surface area contributed by atoms with Gasteiger partial charge in [-0.25, -0.2) is 0 Å². The molecule has 27 heavy (non-hydrogen) atoms. The van der Waals surface area contributed by atoms with E-state index >= 15 is 0 Å². The van der Waals surface area contributed by atoms with E-state index in [9.17, 15) is 14.4 Å². The van der Waals surface area contributed by atoms with Gasteiger partial charge in [-0.1, -0.05) is 18.2 Å². The first-order valence-electron chi connectivity index (χ1n) is 8.50. The molecule has 142 valence electrons. The molecule has 3 amide bonds. The first kappa shape index (κ1) is 20.0. The summed E-state index contributed by atoms with van der Waals surface area (Å²) in [4.78, 5) is 36.5. The molecule has 2 aromatic rings. The van der Waals surface area contributed by atoms with Crippen LogP contribution in [-0.2, 0) is 4.79 Å². The number of hydrogen-bond acceptors (Lipinski definition) is 4. The zero-order valence-electron chi connectivity index (χ0n) is 15.5. The lowest BCUT2D eigenvalue weighted by molar-refractivity contribution is -0.116. The Bertz CT molecular complexity index is 821. The van der Waals surface area contributed by atoms with E-state index < -0.39 is 0 Å². The van der Waals surface area contributed by atoms with Crippen molar-refractivity contribution in [2.75, 3.05) is 19.5 Å². The molecule has 0 saturated carbocycles. The number of carbonyl (C=O) groups is 3. The van der Waals surface area contributed by atoms with Gasteiger partial charge in [0, 0.05) is 25.1 Å². The van der Waals surface area contributed by atoms with Crippen molar-refractivity contribution in [1.29, 1.82) is 0 Å². The van der Waals surface area contributed by atoms with E-state index in [4.69, 9.17) is 4.74 Å². The first-order valence-corrected chi connectivity index (χ1v) is 8.50. The largest absolute Gasteiger partial charge is 0.497 e. The molecular weight excluding hydrogens is 346 g/mol. The first-order chi connectivity index (χ1) is 12.9. The second kappa shape index (κ2) is 9.38. The summed E-state index contributed by atoms with van der Waals surface area (Å²) in [7, 11) is 3.01. The summed E-state index contributed by atoms with van der Waals surface area (Å²) in [6.07, 6.45) is 0.0672. The molecule has 0 bridgehead atoms. The van der Waals surface area contributed by atoms with E-state index in [1.807, 2.05) is 6.07 Å². The molecule has 0 aromatic heterocycles. The highest BCUT2D eigenvalue weighted by Crippen LogP contribution is 2.22. The minimum absolute atomic E-state index is 0.0672. The van der Waals surface area contributed by atoms with Gasteiger partial charge in [0.05, 0.1) is 18.4 Å². The van der Waals surface area contributed by atoms with Crippen molar-refractivity contribution in [2.24, 2.45) is 0 Å². The third-order valence-electron chi connectivity index (χ3n) is 3.88. The second-order valence-electron chi connectivity index (χ2n) is 5.98. The number of methoxy groups -OCH3 is 1. The molecule has 0 aliphatic heterocycles. The summed E-state index contributed by atoms with van der Waals surface area (Å²) in [5.41, 5.74) is 1.20. The van der Waals surface area contributed by atoms with Crippen LogP contribution in [0.4, 0.5) is 5.69 Å². The number of anilines is 1. The topological polar surface area (TPSA) is 96.5 Å². The molecular formula is C20H23N3O4. The van der Waals surface area contributed by atoms with Crippen molar-refractivity contribution in [2.45, 2.75) is 19.4 Å². The van der Waals surface area contributed by atoms with E-state index in [2.05, 4.69) is 16.0 Å². The minimum Gasteiger partial charge on any atom is -0.497 e. The molecule has 0 saturated heterocycles. The molecule has 7 nitrogen and oxygen atoms in total. The Balaban J connectivity index is 2.00. The van der Waals surface area contributed by atoms with Crippen LogP contribution in [0.1, 0.15) is 34.1 Å². The zero-order valence-corrected chi connectivity index (χ0v) is 15.5. The Morgan fingerprint density at radius 1 is 1.04 bits per heavy atom. The average Bonchev–Trinajstić information content (AvgIpc) is 2.68. The zero-order chi connectivity index (χ0) is 19.8. The molecule has 2 rings (SSSR count). The van der Waals surface area contributed by atoms with Crippen LogP contribution in [0.25, 0.3) is 0 Å². The van der Waals surface area contributed by atoms with Gasteiger partial charge in [0.15, 0.2) is 0 Å². The molecule has 0 heterocycles. The lowest BCUT2D eigenvalue weighted by Crippen LogP contribution is -2.35. The van der Waals surface area contributed by atoms with E-state index in [0.29, 0.717) is 22.6 Å². The van der Waals surface area contributed by atoms with Crippen LogP contribution in [0.2, 0.25) is 0 Å². The summed E-state index contributed by atoms with van der Waals surface area (Å²) in [5, 5.41) is 8.02. The molecule has 2 aromatic carbocycles. The molecule has 0 fully saturated rings. The smallest absolute Gasteiger partial charge is 0.253 e. The Morgan fingerprint density at radius 3 is 2.37 bits per heavy atom. The summed E-state index contributed by atoms with van der Waals surface area (Å²) < 4.78 is 5.12. The van der Waals surface area contributed by atoms with Crippen LogP contribution in [0.15, 0.2) is 48.5 Å². The van der Waals surface area contributed by atoms with Gasteiger partial charge in [0.2, 0.25) is 5.91 Å². The maximum absolute atomic E-state index is 12.3. The average molecular weight is 369 g/mol. The van der Waals surface area contributed by atoms with Crippen molar-refractivity contribution in [3.05, 3.63) is 59.7 Å². The number of hydrogen-bond donors (Lipinski definition) is 3. The number of benzene rings is 2. The highest BCUT2D eigenvalue weighted by molar-refractivity contribution is 6.04. The number of rotatable bonds is 7. The van der Waals surface area contributed by atoms with Gasteiger partial charge in [-0.2, -0.15) is 0 Å². The highest BCUT2D eigenvalue weighted by atomic mass is 16.5. The number of amides is 3.